The van der Waals surface area contributed by atoms with E-state index < -0.39 is 5.97 Å². The van der Waals surface area contributed by atoms with E-state index in [-0.39, 0.29) is 19.1 Å². The Morgan fingerprint density at radius 3 is 2.31 bits per heavy atom. The molecule has 1 amide bonds. The molecule has 26 heavy (non-hydrogen) atoms. The van der Waals surface area contributed by atoms with Crippen molar-refractivity contribution in [2.24, 2.45) is 0 Å². The van der Waals surface area contributed by atoms with E-state index in [4.69, 9.17) is 18.9 Å². The van der Waals surface area contributed by atoms with Crippen LogP contribution < -0.4 is 19.5 Å². The molecule has 0 aliphatic carbocycles. The van der Waals surface area contributed by atoms with Crippen molar-refractivity contribution < 1.29 is 28.5 Å². The van der Waals surface area contributed by atoms with Crippen molar-refractivity contribution in [1.29, 1.82) is 0 Å². The van der Waals surface area contributed by atoms with Gasteiger partial charge in [-0.1, -0.05) is 0 Å². The topological polar surface area (TPSA) is 83.1 Å². The van der Waals surface area contributed by atoms with Gasteiger partial charge in [0.2, 0.25) is 0 Å². The van der Waals surface area contributed by atoms with Crippen LogP contribution in [0.4, 0.5) is 5.69 Å². The third kappa shape index (κ3) is 5.14. The maximum atomic E-state index is 12.0. The summed E-state index contributed by atoms with van der Waals surface area (Å²) in [6.07, 6.45) is 0. The Morgan fingerprint density at radius 2 is 1.69 bits per heavy atom. The molecule has 0 aliphatic rings. The summed E-state index contributed by atoms with van der Waals surface area (Å²) in [7, 11) is 3.02. The van der Waals surface area contributed by atoms with Crippen molar-refractivity contribution >= 4 is 17.6 Å². The van der Waals surface area contributed by atoms with Crippen molar-refractivity contribution in [2.45, 2.75) is 6.92 Å². The molecular formula is C19H21NO6. The smallest absolute Gasteiger partial charge is 0.338 e. The Bertz CT molecular complexity index is 757. The highest BCUT2D eigenvalue weighted by Crippen LogP contribution is 2.28. The number of methoxy groups -OCH3 is 2. The summed E-state index contributed by atoms with van der Waals surface area (Å²) < 4.78 is 20.7. The van der Waals surface area contributed by atoms with Gasteiger partial charge in [0.25, 0.3) is 5.91 Å². The zero-order chi connectivity index (χ0) is 18.9. The van der Waals surface area contributed by atoms with E-state index in [1.54, 1.807) is 50.4 Å². The lowest BCUT2D eigenvalue weighted by molar-refractivity contribution is -0.118. The Hall–Kier alpha value is -3.22. The van der Waals surface area contributed by atoms with Crippen molar-refractivity contribution in [1.82, 2.24) is 0 Å². The van der Waals surface area contributed by atoms with Gasteiger partial charge in [0.1, 0.15) is 5.75 Å². The van der Waals surface area contributed by atoms with Crippen LogP contribution >= 0.6 is 0 Å². The Labute approximate surface area is 151 Å². The molecule has 0 atom stereocenters. The second-order valence-corrected chi connectivity index (χ2v) is 5.15. The highest BCUT2D eigenvalue weighted by atomic mass is 16.5. The quantitative estimate of drug-likeness (QED) is 0.730. The van der Waals surface area contributed by atoms with Crippen LogP contribution in [-0.2, 0) is 9.53 Å². The number of anilines is 1. The molecule has 1 N–H and O–H groups in total. The highest BCUT2D eigenvalue weighted by molar-refractivity contribution is 5.92. The first-order valence-electron chi connectivity index (χ1n) is 7.99. The molecular weight excluding hydrogens is 338 g/mol. The van der Waals surface area contributed by atoms with Crippen LogP contribution in [0.5, 0.6) is 17.2 Å². The van der Waals surface area contributed by atoms with Gasteiger partial charge in [-0.05, 0) is 49.4 Å². The van der Waals surface area contributed by atoms with E-state index in [1.807, 2.05) is 0 Å². The van der Waals surface area contributed by atoms with Crippen LogP contribution in [0.25, 0.3) is 0 Å². The lowest BCUT2D eigenvalue weighted by Crippen LogP contribution is -2.20. The standard InChI is InChI=1S/C19H21NO6/c1-4-25-19(22)13-5-10-16(17(11-13)24-3)26-12-18(21)20-14-6-8-15(23-2)9-7-14/h5-11H,4,12H2,1-3H3,(H,20,21). The number of rotatable bonds is 8. The molecule has 7 heteroatoms. The molecule has 0 fully saturated rings. The summed E-state index contributed by atoms with van der Waals surface area (Å²) in [6.45, 7) is 1.81. The highest BCUT2D eigenvalue weighted by Gasteiger charge is 2.13. The normalized spacial score (nSPS) is 9.96. The molecule has 0 spiro atoms. The van der Waals surface area contributed by atoms with Gasteiger partial charge in [-0.25, -0.2) is 4.79 Å². The number of esters is 1. The molecule has 0 bridgehead atoms. The minimum absolute atomic E-state index is 0.207. The fourth-order valence-electron chi connectivity index (χ4n) is 2.14. The molecule has 0 radical (unpaired) electrons. The van der Waals surface area contributed by atoms with E-state index in [1.165, 1.54) is 13.2 Å². The number of hydrogen-bond donors (Lipinski definition) is 1. The fourth-order valence-corrected chi connectivity index (χ4v) is 2.14. The Kier molecular flexibility index (Phi) is 6.84. The van der Waals surface area contributed by atoms with Gasteiger partial charge in [0, 0.05) is 5.69 Å². The van der Waals surface area contributed by atoms with Gasteiger partial charge < -0.3 is 24.3 Å². The molecule has 0 unspecified atom stereocenters. The third-order valence-electron chi connectivity index (χ3n) is 3.41. The molecule has 2 aromatic carbocycles. The number of carbonyl (C=O) groups excluding carboxylic acids is 2. The number of amides is 1. The van der Waals surface area contributed by atoms with Crippen molar-refractivity contribution in [3.8, 4) is 17.2 Å². The number of hydrogen-bond acceptors (Lipinski definition) is 6. The second-order valence-electron chi connectivity index (χ2n) is 5.15. The van der Waals surface area contributed by atoms with Crippen molar-refractivity contribution in [2.75, 3.05) is 32.8 Å². The van der Waals surface area contributed by atoms with Gasteiger partial charge >= 0.3 is 5.97 Å². The first-order valence-corrected chi connectivity index (χ1v) is 7.99. The third-order valence-corrected chi connectivity index (χ3v) is 3.41. The van der Waals surface area contributed by atoms with Crippen LogP contribution in [0, 0.1) is 0 Å². The first-order chi connectivity index (χ1) is 12.6. The van der Waals surface area contributed by atoms with Crippen LogP contribution in [0.3, 0.4) is 0 Å². The van der Waals surface area contributed by atoms with Crippen molar-refractivity contribution in [3.05, 3.63) is 48.0 Å². The molecule has 0 aliphatic heterocycles. The second kappa shape index (κ2) is 9.31. The number of carbonyl (C=O) groups is 2. The fraction of sp³-hybridized carbons (Fsp3) is 0.263. The molecule has 0 heterocycles. The monoisotopic (exact) mass is 359 g/mol. The Morgan fingerprint density at radius 1 is 0.962 bits per heavy atom. The maximum Gasteiger partial charge on any atom is 0.338 e. The molecule has 2 rings (SSSR count). The minimum atomic E-state index is -0.449. The van der Waals surface area contributed by atoms with E-state index in [9.17, 15) is 9.59 Å². The van der Waals surface area contributed by atoms with E-state index in [2.05, 4.69) is 5.32 Å². The summed E-state index contributed by atoms with van der Waals surface area (Å²) in [6, 6.07) is 11.6. The SMILES string of the molecule is CCOC(=O)c1ccc(OCC(=O)Nc2ccc(OC)cc2)c(OC)c1. The summed E-state index contributed by atoms with van der Waals surface area (Å²) in [5.74, 6) is 0.616. The average Bonchev–Trinajstić information content (AvgIpc) is 2.67. The molecule has 0 saturated heterocycles. The maximum absolute atomic E-state index is 12.0. The number of benzene rings is 2. The van der Waals surface area contributed by atoms with Crippen LogP contribution in [0.2, 0.25) is 0 Å². The molecule has 7 nitrogen and oxygen atoms in total. The number of nitrogens with one attached hydrogen (secondary N) is 1. The van der Waals surface area contributed by atoms with Gasteiger partial charge in [-0.2, -0.15) is 0 Å². The van der Waals surface area contributed by atoms with E-state index in [0.29, 0.717) is 28.5 Å². The Balaban J connectivity index is 1.96. The molecule has 138 valence electrons. The minimum Gasteiger partial charge on any atom is -0.497 e. The summed E-state index contributed by atoms with van der Waals surface area (Å²) in [5.41, 5.74) is 0.975. The molecule has 0 saturated carbocycles. The lowest BCUT2D eigenvalue weighted by atomic mass is 10.2. The summed E-state index contributed by atoms with van der Waals surface area (Å²) in [4.78, 5) is 23.8. The largest absolute Gasteiger partial charge is 0.497 e. The summed E-state index contributed by atoms with van der Waals surface area (Å²) >= 11 is 0. The molecule has 0 aromatic heterocycles. The van der Waals surface area contributed by atoms with Gasteiger partial charge in [0.15, 0.2) is 18.1 Å². The van der Waals surface area contributed by atoms with Gasteiger partial charge in [-0.3, -0.25) is 4.79 Å². The predicted octanol–water partition coefficient (Wildman–Crippen LogP) is 2.90. The first kappa shape index (κ1) is 19.1. The van der Waals surface area contributed by atoms with Crippen LogP contribution in [0.1, 0.15) is 17.3 Å². The van der Waals surface area contributed by atoms with Crippen LogP contribution in [-0.4, -0.2) is 39.3 Å². The van der Waals surface area contributed by atoms with Crippen molar-refractivity contribution in [3.63, 3.8) is 0 Å². The van der Waals surface area contributed by atoms with Gasteiger partial charge in [0.05, 0.1) is 26.4 Å². The van der Waals surface area contributed by atoms with Gasteiger partial charge in [-0.15, -0.1) is 0 Å². The molecule has 2 aromatic rings. The average molecular weight is 359 g/mol. The van der Waals surface area contributed by atoms with E-state index >= 15 is 0 Å². The zero-order valence-electron chi connectivity index (χ0n) is 14.9. The number of ether oxygens (including phenoxy) is 4. The van der Waals surface area contributed by atoms with E-state index in [0.717, 1.165) is 0 Å². The summed E-state index contributed by atoms with van der Waals surface area (Å²) in [5, 5.41) is 2.71. The zero-order valence-corrected chi connectivity index (χ0v) is 14.9. The van der Waals surface area contributed by atoms with Crippen LogP contribution in [0.15, 0.2) is 42.5 Å². The predicted molar refractivity (Wildman–Crippen MR) is 96.1 cm³/mol. The lowest BCUT2D eigenvalue weighted by Gasteiger charge is -2.12.